The molecule has 4 rings (SSSR count). The number of nitrogens with zero attached hydrogens (tertiary/aromatic N) is 1. The fourth-order valence-electron chi connectivity index (χ4n) is 3.70. The van der Waals surface area contributed by atoms with E-state index in [9.17, 15) is 9.59 Å². The van der Waals surface area contributed by atoms with Crippen LogP contribution in [0.1, 0.15) is 34.3 Å². The van der Waals surface area contributed by atoms with E-state index in [1.807, 2.05) is 49.4 Å². The quantitative estimate of drug-likeness (QED) is 0.739. The van der Waals surface area contributed by atoms with Gasteiger partial charge in [-0.2, -0.15) is 0 Å². The molecule has 0 saturated carbocycles. The van der Waals surface area contributed by atoms with Crippen LogP contribution in [0, 0.1) is 6.92 Å². The summed E-state index contributed by atoms with van der Waals surface area (Å²) in [6.07, 6.45) is 1.97. The predicted molar refractivity (Wildman–Crippen MR) is 109 cm³/mol. The first-order chi connectivity index (χ1) is 13.6. The number of rotatable bonds is 5. The van der Waals surface area contributed by atoms with Crippen molar-refractivity contribution in [3.05, 3.63) is 81.6 Å². The number of amides is 1. The van der Waals surface area contributed by atoms with E-state index in [0.29, 0.717) is 17.7 Å². The standard InChI is InChI=1S/C23H24N2O3/c1-16-9-10-18-13-19(22(26)24-21(18)12-16)14-25(15-20-8-5-11-28-20)23(27)17-6-3-2-4-7-17/h2-4,6-7,9-10,12-13,20H,5,8,11,14-15H2,1H3,(H,24,26)/t20-/m0/s1. The number of hydrogen-bond acceptors (Lipinski definition) is 3. The molecule has 5 heteroatoms. The van der Waals surface area contributed by atoms with Crippen LogP contribution in [0.5, 0.6) is 0 Å². The van der Waals surface area contributed by atoms with Crippen molar-refractivity contribution in [2.45, 2.75) is 32.4 Å². The summed E-state index contributed by atoms with van der Waals surface area (Å²) in [5.41, 5.74) is 2.95. The normalized spacial score (nSPS) is 16.4. The van der Waals surface area contributed by atoms with Gasteiger partial charge in [0.25, 0.3) is 11.5 Å². The lowest BCUT2D eigenvalue weighted by atomic mass is 10.1. The van der Waals surface area contributed by atoms with Crippen LogP contribution in [-0.2, 0) is 11.3 Å². The van der Waals surface area contributed by atoms with E-state index in [-0.39, 0.29) is 24.1 Å². The lowest BCUT2D eigenvalue weighted by molar-refractivity contribution is 0.0506. The third-order valence-electron chi connectivity index (χ3n) is 5.20. The molecule has 1 amide bonds. The van der Waals surface area contributed by atoms with Crippen molar-refractivity contribution in [2.24, 2.45) is 0 Å². The Balaban J connectivity index is 1.65. The summed E-state index contributed by atoms with van der Waals surface area (Å²) in [5, 5.41) is 0.962. The SMILES string of the molecule is Cc1ccc2cc(CN(C[C@@H]3CCCO3)C(=O)c3ccccc3)c(=O)[nH]c2c1. The molecule has 2 heterocycles. The molecule has 3 aromatic rings. The van der Waals surface area contributed by atoms with Crippen molar-refractivity contribution in [1.29, 1.82) is 0 Å². The van der Waals surface area contributed by atoms with Crippen molar-refractivity contribution in [2.75, 3.05) is 13.2 Å². The third kappa shape index (κ3) is 3.99. The van der Waals surface area contributed by atoms with E-state index in [1.165, 1.54) is 0 Å². The van der Waals surface area contributed by atoms with Crippen LogP contribution in [0.15, 0.2) is 59.4 Å². The van der Waals surface area contributed by atoms with Gasteiger partial charge in [-0.05, 0) is 55.0 Å². The lowest BCUT2D eigenvalue weighted by Gasteiger charge is -2.25. The number of ether oxygens (including phenoxy) is 1. The van der Waals surface area contributed by atoms with Crippen LogP contribution in [0.25, 0.3) is 10.9 Å². The van der Waals surface area contributed by atoms with Gasteiger partial charge in [-0.1, -0.05) is 30.3 Å². The average Bonchev–Trinajstić information content (AvgIpc) is 3.21. The van der Waals surface area contributed by atoms with Gasteiger partial charge in [0.05, 0.1) is 12.6 Å². The maximum atomic E-state index is 13.1. The zero-order valence-corrected chi connectivity index (χ0v) is 16.0. The van der Waals surface area contributed by atoms with Crippen molar-refractivity contribution in [3.63, 3.8) is 0 Å². The number of benzene rings is 2. The van der Waals surface area contributed by atoms with Crippen molar-refractivity contribution < 1.29 is 9.53 Å². The summed E-state index contributed by atoms with van der Waals surface area (Å²) in [4.78, 5) is 30.5. The highest BCUT2D eigenvalue weighted by Gasteiger charge is 2.24. The number of carbonyl (C=O) groups excluding carboxylic acids is 1. The second-order valence-corrected chi connectivity index (χ2v) is 7.40. The first-order valence-corrected chi connectivity index (χ1v) is 9.68. The predicted octanol–water partition coefficient (Wildman–Crippen LogP) is 3.66. The first kappa shape index (κ1) is 18.4. The molecule has 2 aromatic carbocycles. The summed E-state index contributed by atoms with van der Waals surface area (Å²) in [5.74, 6) is -0.0838. The number of aromatic nitrogens is 1. The summed E-state index contributed by atoms with van der Waals surface area (Å²) in [6, 6.07) is 17.0. The Kier molecular flexibility index (Phi) is 5.26. The highest BCUT2D eigenvalue weighted by atomic mass is 16.5. The molecule has 0 aliphatic carbocycles. The van der Waals surface area contributed by atoms with Gasteiger partial charge in [0, 0.05) is 29.8 Å². The average molecular weight is 376 g/mol. The molecule has 0 unspecified atom stereocenters. The molecular weight excluding hydrogens is 352 g/mol. The minimum atomic E-state index is -0.156. The van der Waals surface area contributed by atoms with Gasteiger partial charge in [-0.3, -0.25) is 9.59 Å². The van der Waals surface area contributed by atoms with Crippen molar-refractivity contribution in [1.82, 2.24) is 9.88 Å². The Labute approximate surface area is 163 Å². The highest BCUT2D eigenvalue weighted by molar-refractivity contribution is 5.94. The van der Waals surface area contributed by atoms with Crippen LogP contribution in [0.2, 0.25) is 0 Å². The van der Waals surface area contributed by atoms with E-state index in [0.717, 1.165) is 35.9 Å². The van der Waals surface area contributed by atoms with Gasteiger partial charge in [0.15, 0.2) is 0 Å². The van der Waals surface area contributed by atoms with Crippen molar-refractivity contribution in [3.8, 4) is 0 Å². The largest absolute Gasteiger partial charge is 0.376 e. The third-order valence-corrected chi connectivity index (χ3v) is 5.20. The molecule has 1 fully saturated rings. The molecule has 1 aliphatic rings. The minimum Gasteiger partial charge on any atom is -0.376 e. The smallest absolute Gasteiger partial charge is 0.254 e. The zero-order valence-electron chi connectivity index (χ0n) is 16.0. The Morgan fingerprint density at radius 2 is 2.00 bits per heavy atom. The highest BCUT2D eigenvalue weighted by Crippen LogP contribution is 2.18. The number of H-pyrrole nitrogens is 1. The fraction of sp³-hybridized carbons (Fsp3) is 0.304. The van der Waals surface area contributed by atoms with Crippen molar-refractivity contribution >= 4 is 16.8 Å². The first-order valence-electron chi connectivity index (χ1n) is 9.68. The van der Waals surface area contributed by atoms with Crippen LogP contribution in [0.3, 0.4) is 0 Å². The Hall–Kier alpha value is -2.92. The number of fused-ring (bicyclic) bond motifs is 1. The number of hydrogen-bond donors (Lipinski definition) is 1. The molecular formula is C23H24N2O3. The number of pyridine rings is 1. The number of aromatic amines is 1. The minimum absolute atomic E-state index is 0.0230. The lowest BCUT2D eigenvalue weighted by Crippen LogP contribution is -2.38. The number of carbonyl (C=O) groups is 1. The van der Waals surface area contributed by atoms with Crippen LogP contribution in [0.4, 0.5) is 0 Å². The molecule has 28 heavy (non-hydrogen) atoms. The molecule has 0 radical (unpaired) electrons. The van der Waals surface area contributed by atoms with E-state index < -0.39 is 0 Å². The molecule has 1 aliphatic heterocycles. The van der Waals surface area contributed by atoms with Gasteiger partial charge in [-0.25, -0.2) is 0 Å². The molecule has 1 atom stereocenters. The maximum Gasteiger partial charge on any atom is 0.254 e. The number of nitrogens with one attached hydrogen (secondary N) is 1. The molecule has 0 bridgehead atoms. The Bertz CT molecular complexity index is 1040. The van der Waals surface area contributed by atoms with E-state index >= 15 is 0 Å². The number of aryl methyl sites for hydroxylation is 1. The molecule has 144 valence electrons. The van der Waals surface area contributed by atoms with Gasteiger partial charge in [-0.15, -0.1) is 0 Å². The van der Waals surface area contributed by atoms with Crippen LogP contribution in [-0.4, -0.2) is 35.0 Å². The Morgan fingerprint density at radius 3 is 2.75 bits per heavy atom. The van der Waals surface area contributed by atoms with Gasteiger partial charge >= 0.3 is 0 Å². The molecule has 1 saturated heterocycles. The van der Waals surface area contributed by atoms with Crippen LogP contribution < -0.4 is 5.56 Å². The zero-order chi connectivity index (χ0) is 19.5. The molecule has 1 N–H and O–H groups in total. The summed E-state index contributed by atoms with van der Waals surface area (Å²) in [7, 11) is 0. The van der Waals surface area contributed by atoms with E-state index in [1.54, 1.807) is 17.0 Å². The van der Waals surface area contributed by atoms with E-state index in [2.05, 4.69) is 4.98 Å². The van der Waals surface area contributed by atoms with E-state index in [4.69, 9.17) is 4.74 Å². The maximum absolute atomic E-state index is 13.1. The van der Waals surface area contributed by atoms with Gasteiger partial charge < -0.3 is 14.6 Å². The topological polar surface area (TPSA) is 62.4 Å². The Morgan fingerprint density at radius 1 is 1.18 bits per heavy atom. The second kappa shape index (κ2) is 7.98. The summed E-state index contributed by atoms with van der Waals surface area (Å²) in [6.45, 7) is 3.47. The monoisotopic (exact) mass is 376 g/mol. The summed E-state index contributed by atoms with van der Waals surface area (Å²) >= 11 is 0. The molecule has 1 aromatic heterocycles. The fourth-order valence-corrected chi connectivity index (χ4v) is 3.70. The van der Waals surface area contributed by atoms with Crippen LogP contribution >= 0.6 is 0 Å². The van der Waals surface area contributed by atoms with Gasteiger partial charge in [0.1, 0.15) is 0 Å². The summed E-state index contributed by atoms with van der Waals surface area (Å²) < 4.78 is 5.74. The van der Waals surface area contributed by atoms with Gasteiger partial charge in [0.2, 0.25) is 0 Å². The second-order valence-electron chi connectivity index (χ2n) is 7.40. The molecule has 0 spiro atoms. The molecule has 5 nitrogen and oxygen atoms in total.